The zero-order chi connectivity index (χ0) is 19.9. The molecule has 4 nitrogen and oxygen atoms in total. The lowest BCUT2D eigenvalue weighted by molar-refractivity contribution is 0.188. The van der Waals surface area contributed by atoms with Crippen molar-refractivity contribution in [2.75, 3.05) is 26.7 Å². The molecule has 1 unspecified atom stereocenters. The predicted octanol–water partition coefficient (Wildman–Crippen LogP) is 4.43. The number of para-hydroxylation sites is 1. The number of aromatic nitrogens is 1. The monoisotopic (exact) mass is 389 g/mol. The van der Waals surface area contributed by atoms with E-state index in [0.29, 0.717) is 6.04 Å². The number of fused-ring (bicyclic) bond motifs is 1. The van der Waals surface area contributed by atoms with Crippen molar-refractivity contribution < 1.29 is 4.74 Å². The molecule has 1 fully saturated rings. The van der Waals surface area contributed by atoms with Gasteiger partial charge in [-0.3, -0.25) is 0 Å². The molecule has 0 bridgehead atoms. The zero-order valence-corrected chi connectivity index (χ0v) is 17.3. The average Bonchev–Trinajstić information content (AvgIpc) is 2.78. The van der Waals surface area contributed by atoms with Gasteiger partial charge >= 0.3 is 0 Å². The molecular weight excluding hydrogens is 358 g/mol. The van der Waals surface area contributed by atoms with Crippen LogP contribution in [0.4, 0.5) is 0 Å². The molecular formula is C25H31N3O. The maximum absolute atomic E-state index is 5.47. The van der Waals surface area contributed by atoms with Gasteiger partial charge in [0.25, 0.3) is 0 Å². The van der Waals surface area contributed by atoms with Crippen LogP contribution in [-0.2, 0) is 13.0 Å². The van der Waals surface area contributed by atoms with Crippen LogP contribution in [0.1, 0.15) is 30.5 Å². The molecule has 0 amide bonds. The van der Waals surface area contributed by atoms with E-state index in [1.807, 2.05) is 12.1 Å². The quantitative estimate of drug-likeness (QED) is 0.618. The highest BCUT2D eigenvalue weighted by molar-refractivity contribution is 5.84. The molecule has 0 spiro atoms. The number of rotatable bonds is 8. The fraction of sp³-hybridized carbons (Fsp3) is 0.400. The largest absolute Gasteiger partial charge is 0.494 e. The van der Waals surface area contributed by atoms with Gasteiger partial charge in [0.1, 0.15) is 11.3 Å². The van der Waals surface area contributed by atoms with E-state index in [1.54, 1.807) is 7.11 Å². The Kier molecular flexibility index (Phi) is 6.75. The van der Waals surface area contributed by atoms with Gasteiger partial charge in [-0.15, -0.1) is 0 Å². The molecule has 4 rings (SSSR count). The first-order valence-corrected chi connectivity index (χ1v) is 10.7. The van der Waals surface area contributed by atoms with Gasteiger partial charge in [0, 0.05) is 24.5 Å². The van der Waals surface area contributed by atoms with Gasteiger partial charge in [-0.05, 0) is 56.5 Å². The van der Waals surface area contributed by atoms with E-state index in [9.17, 15) is 0 Å². The zero-order valence-electron chi connectivity index (χ0n) is 17.3. The van der Waals surface area contributed by atoms with E-state index < -0.39 is 0 Å². The third kappa shape index (κ3) is 5.34. The summed E-state index contributed by atoms with van der Waals surface area (Å²) in [7, 11) is 1.70. The second-order valence-corrected chi connectivity index (χ2v) is 7.94. The molecule has 4 heteroatoms. The Labute approximate surface area is 173 Å². The number of hydrogen-bond acceptors (Lipinski definition) is 4. The molecule has 2 aromatic carbocycles. The van der Waals surface area contributed by atoms with Gasteiger partial charge in [0.2, 0.25) is 0 Å². The molecule has 1 aromatic heterocycles. The summed E-state index contributed by atoms with van der Waals surface area (Å²) in [5, 5.41) is 4.85. The van der Waals surface area contributed by atoms with E-state index >= 15 is 0 Å². The van der Waals surface area contributed by atoms with E-state index in [1.165, 1.54) is 37.9 Å². The number of aryl methyl sites for hydroxylation is 1. The van der Waals surface area contributed by atoms with Crippen LogP contribution in [0.3, 0.4) is 0 Å². The van der Waals surface area contributed by atoms with Crippen LogP contribution in [-0.4, -0.2) is 42.7 Å². The van der Waals surface area contributed by atoms with Crippen LogP contribution < -0.4 is 10.1 Å². The molecule has 0 aliphatic carbocycles. The van der Waals surface area contributed by atoms with Gasteiger partial charge in [0.15, 0.2) is 0 Å². The first-order chi connectivity index (χ1) is 14.3. The SMILES string of the molecule is COc1cccc2ccc(CNC3CCCN(CCCc4ccccc4)C3)nc12. The minimum atomic E-state index is 0.538. The lowest BCUT2D eigenvalue weighted by Gasteiger charge is -2.33. The number of ether oxygens (including phenoxy) is 1. The van der Waals surface area contributed by atoms with Gasteiger partial charge in [0.05, 0.1) is 12.8 Å². The van der Waals surface area contributed by atoms with E-state index in [4.69, 9.17) is 9.72 Å². The highest BCUT2D eigenvalue weighted by Crippen LogP contribution is 2.23. The minimum Gasteiger partial charge on any atom is -0.494 e. The Morgan fingerprint density at radius 3 is 2.83 bits per heavy atom. The normalized spacial score (nSPS) is 17.5. The molecule has 3 aromatic rings. The van der Waals surface area contributed by atoms with Crippen molar-refractivity contribution in [3.63, 3.8) is 0 Å². The van der Waals surface area contributed by atoms with Crippen LogP contribution in [0.25, 0.3) is 10.9 Å². The summed E-state index contributed by atoms with van der Waals surface area (Å²) in [6, 6.07) is 21.7. The first kappa shape index (κ1) is 19.9. The fourth-order valence-corrected chi connectivity index (χ4v) is 4.25. The molecule has 152 valence electrons. The molecule has 2 heterocycles. The summed E-state index contributed by atoms with van der Waals surface area (Å²) in [5.74, 6) is 0.839. The number of nitrogens with one attached hydrogen (secondary N) is 1. The van der Waals surface area contributed by atoms with Gasteiger partial charge in [-0.2, -0.15) is 0 Å². The lowest BCUT2D eigenvalue weighted by atomic mass is 10.0. The Morgan fingerprint density at radius 1 is 1.07 bits per heavy atom. The van der Waals surface area contributed by atoms with Crippen LogP contribution in [0.2, 0.25) is 0 Å². The third-order valence-electron chi connectivity index (χ3n) is 5.82. The number of nitrogens with zero attached hydrogens (tertiary/aromatic N) is 2. The van der Waals surface area contributed by atoms with Gasteiger partial charge in [-0.1, -0.05) is 48.5 Å². The highest BCUT2D eigenvalue weighted by Gasteiger charge is 2.19. The molecule has 1 saturated heterocycles. The molecule has 29 heavy (non-hydrogen) atoms. The predicted molar refractivity (Wildman–Crippen MR) is 119 cm³/mol. The molecule has 1 atom stereocenters. The molecule has 1 N–H and O–H groups in total. The molecule has 0 radical (unpaired) electrons. The van der Waals surface area contributed by atoms with Crippen LogP contribution >= 0.6 is 0 Å². The van der Waals surface area contributed by atoms with Crippen molar-refractivity contribution in [2.45, 2.75) is 38.3 Å². The van der Waals surface area contributed by atoms with Crippen LogP contribution in [0.15, 0.2) is 60.7 Å². The van der Waals surface area contributed by atoms with Crippen molar-refractivity contribution in [1.29, 1.82) is 0 Å². The number of hydrogen-bond donors (Lipinski definition) is 1. The van der Waals surface area contributed by atoms with Gasteiger partial charge in [-0.25, -0.2) is 4.98 Å². The summed E-state index contributed by atoms with van der Waals surface area (Å²) in [6.45, 7) is 4.33. The molecule has 0 saturated carbocycles. The summed E-state index contributed by atoms with van der Waals surface area (Å²) in [4.78, 5) is 7.44. The standard InChI is InChI=1S/C25H31N3O/c1-29-24-13-5-11-21-14-15-22(27-25(21)24)18-26-23-12-7-17-28(19-23)16-6-10-20-8-3-2-4-9-20/h2-5,8-9,11,13-15,23,26H,6-7,10,12,16-19H2,1H3. The number of likely N-dealkylation sites (tertiary alicyclic amines) is 1. The first-order valence-electron chi connectivity index (χ1n) is 10.7. The minimum absolute atomic E-state index is 0.538. The van der Waals surface area contributed by atoms with Crippen LogP contribution in [0.5, 0.6) is 5.75 Å². The van der Waals surface area contributed by atoms with Crippen molar-refractivity contribution in [3.8, 4) is 5.75 Å². The van der Waals surface area contributed by atoms with Crippen LogP contribution in [0, 0.1) is 0 Å². The number of benzene rings is 2. The molecule has 1 aliphatic heterocycles. The molecule has 1 aliphatic rings. The Balaban J connectivity index is 1.28. The summed E-state index contributed by atoms with van der Waals surface area (Å²) in [5.41, 5.74) is 3.46. The summed E-state index contributed by atoms with van der Waals surface area (Å²) in [6.07, 6.45) is 4.90. The number of piperidine rings is 1. The smallest absolute Gasteiger partial charge is 0.145 e. The Hall–Kier alpha value is -2.43. The van der Waals surface area contributed by atoms with Crippen molar-refractivity contribution >= 4 is 10.9 Å². The van der Waals surface area contributed by atoms with E-state index in [0.717, 1.165) is 41.9 Å². The van der Waals surface area contributed by atoms with E-state index in [-0.39, 0.29) is 0 Å². The Bertz CT molecular complexity index is 912. The van der Waals surface area contributed by atoms with Crippen molar-refractivity contribution in [2.24, 2.45) is 0 Å². The second kappa shape index (κ2) is 9.86. The number of methoxy groups -OCH3 is 1. The topological polar surface area (TPSA) is 37.4 Å². The average molecular weight is 390 g/mol. The maximum Gasteiger partial charge on any atom is 0.145 e. The highest BCUT2D eigenvalue weighted by atomic mass is 16.5. The fourth-order valence-electron chi connectivity index (χ4n) is 4.25. The van der Waals surface area contributed by atoms with Crippen molar-refractivity contribution in [1.82, 2.24) is 15.2 Å². The number of pyridine rings is 1. The Morgan fingerprint density at radius 2 is 1.97 bits per heavy atom. The van der Waals surface area contributed by atoms with E-state index in [2.05, 4.69) is 58.7 Å². The summed E-state index contributed by atoms with van der Waals surface area (Å²) >= 11 is 0. The lowest BCUT2D eigenvalue weighted by Crippen LogP contribution is -2.45. The van der Waals surface area contributed by atoms with Crippen molar-refractivity contribution in [3.05, 3.63) is 71.9 Å². The summed E-state index contributed by atoms with van der Waals surface area (Å²) < 4.78 is 5.47. The van der Waals surface area contributed by atoms with Gasteiger partial charge < -0.3 is 15.0 Å². The third-order valence-corrected chi connectivity index (χ3v) is 5.82. The maximum atomic E-state index is 5.47. The second-order valence-electron chi connectivity index (χ2n) is 7.94.